The smallest absolute Gasteiger partial charge is 0.0175 e. The highest BCUT2D eigenvalue weighted by molar-refractivity contribution is 5.17. The van der Waals surface area contributed by atoms with Crippen LogP contribution in [-0.2, 0) is 0 Å². The van der Waals surface area contributed by atoms with Crippen LogP contribution in [0, 0.1) is 52.3 Å². The van der Waals surface area contributed by atoms with Gasteiger partial charge in [-0.1, -0.05) is 60.0 Å². The molecule has 1 aliphatic heterocycles. The highest BCUT2D eigenvalue weighted by atomic mass is 15.1. The van der Waals surface area contributed by atoms with Gasteiger partial charge in [-0.05, 0) is 116 Å². The Kier molecular flexibility index (Phi) is 6.52. The third-order valence-electron chi connectivity index (χ3n) is 12.0. The van der Waals surface area contributed by atoms with E-state index in [1.54, 1.807) is 18.5 Å². The highest BCUT2D eigenvalue weighted by Gasteiger charge is 2.60. The van der Waals surface area contributed by atoms with Crippen LogP contribution in [0.3, 0.4) is 0 Å². The zero-order valence-electron chi connectivity index (χ0n) is 22.2. The van der Waals surface area contributed by atoms with E-state index in [0.717, 1.165) is 41.4 Å². The molecule has 1 heterocycles. The van der Waals surface area contributed by atoms with Crippen molar-refractivity contribution in [1.29, 1.82) is 0 Å². The Labute approximate surface area is 200 Å². The summed E-state index contributed by atoms with van der Waals surface area (Å²) in [5.74, 6) is 6.83. The summed E-state index contributed by atoms with van der Waals surface area (Å²) in [5.41, 5.74) is 2.97. The molecule has 0 amide bonds. The average Bonchev–Trinajstić information content (AvgIpc) is 3.40. The maximum Gasteiger partial charge on any atom is 0.0175 e. The Balaban J connectivity index is 1.28. The molecule has 1 nitrogen and oxygen atoms in total. The average molecular weight is 440 g/mol. The molecule has 4 fully saturated rings. The van der Waals surface area contributed by atoms with E-state index in [4.69, 9.17) is 0 Å². The fraction of sp³-hybridized carbons (Fsp3) is 0.935. The fourth-order valence-electron chi connectivity index (χ4n) is 10.1. The van der Waals surface area contributed by atoms with Crippen LogP contribution in [0.5, 0.6) is 0 Å². The number of likely N-dealkylation sites (tertiary alicyclic amines) is 1. The van der Waals surface area contributed by atoms with Crippen LogP contribution in [0.2, 0.25) is 0 Å². The Hall–Kier alpha value is -0.460. The highest BCUT2D eigenvalue weighted by Crippen LogP contribution is 2.68. The third kappa shape index (κ3) is 3.90. The lowest BCUT2D eigenvalue weighted by Crippen LogP contribution is -2.53. The van der Waals surface area contributed by atoms with Crippen molar-refractivity contribution in [1.82, 2.24) is 4.90 Å². The first kappa shape index (κ1) is 23.3. The molecule has 182 valence electrons. The summed E-state index contributed by atoms with van der Waals surface area (Å²) >= 11 is 0. The molecule has 0 unspecified atom stereocenters. The summed E-state index contributed by atoms with van der Waals surface area (Å²) in [6.45, 7) is 15.6. The quantitative estimate of drug-likeness (QED) is 0.400. The van der Waals surface area contributed by atoms with Crippen LogP contribution in [0.4, 0.5) is 0 Å². The monoisotopic (exact) mass is 439 g/mol. The molecule has 0 aromatic heterocycles. The standard InChI is InChI=1S/C31H53N/c1-22(2)9-8-10-23(3)27-13-14-28-26-12-11-24-21-25(32-19-6-7-20-32)15-17-30(24,4)29(26)16-18-31(27,28)5/h15,22-24,26-29H,6-14,16-21H2,1-5H3/t23-,24+,26+,27-,28+,29+,30+,31-/m1/s1. The summed E-state index contributed by atoms with van der Waals surface area (Å²) in [5, 5.41) is 0. The molecule has 0 bridgehead atoms. The molecule has 8 atom stereocenters. The number of hydrogen-bond acceptors (Lipinski definition) is 1. The van der Waals surface area contributed by atoms with E-state index in [-0.39, 0.29) is 0 Å². The number of hydrogen-bond donors (Lipinski definition) is 0. The maximum absolute atomic E-state index is 2.76. The zero-order chi connectivity index (χ0) is 22.5. The van der Waals surface area contributed by atoms with Gasteiger partial charge >= 0.3 is 0 Å². The van der Waals surface area contributed by atoms with Gasteiger partial charge in [0, 0.05) is 18.8 Å². The fourth-order valence-corrected chi connectivity index (χ4v) is 10.1. The van der Waals surface area contributed by atoms with Gasteiger partial charge in [0.2, 0.25) is 0 Å². The van der Waals surface area contributed by atoms with E-state index in [1.807, 2.05) is 0 Å². The number of fused-ring (bicyclic) bond motifs is 5. The summed E-state index contributed by atoms with van der Waals surface area (Å²) in [6, 6.07) is 0. The predicted molar refractivity (Wildman–Crippen MR) is 137 cm³/mol. The van der Waals surface area contributed by atoms with Crippen molar-refractivity contribution in [2.75, 3.05) is 13.1 Å². The summed E-state index contributed by atoms with van der Waals surface area (Å²) in [6.07, 6.45) is 21.9. The molecule has 5 aliphatic rings. The summed E-state index contributed by atoms with van der Waals surface area (Å²) in [7, 11) is 0. The van der Waals surface area contributed by atoms with Crippen LogP contribution in [0.1, 0.15) is 118 Å². The second kappa shape index (κ2) is 8.96. The van der Waals surface area contributed by atoms with E-state index in [0.29, 0.717) is 10.8 Å². The van der Waals surface area contributed by atoms with Crippen molar-refractivity contribution in [3.8, 4) is 0 Å². The number of allylic oxidation sites excluding steroid dienone is 2. The van der Waals surface area contributed by atoms with Gasteiger partial charge in [0.1, 0.15) is 0 Å². The van der Waals surface area contributed by atoms with Crippen molar-refractivity contribution >= 4 is 0 Å². The van der Waals surface area contributed by atoms with E-state index in [9.17, 15) is 0 Å². The second-order valence-electron chi connectivity index (χ2n) is 14.0. The topological polar surface area (TPSA) is 3.24 Å². The lowest BCUT2D eigenvalue weighted by Gasteiger charge is -2.60. The molecule has 0 radical (unpaired) electrons. The molecule has 5 rings (SSSR count). The van der Waals surface area contributed by atoms with Crippen molar-refractivity contribution in [2.45, 2.75) is 118 Å². The van der Waals surface area contributed by atoms with Gasteiger partial charge in [-0.25, -0.2) is 0 Å². The number of rotatable bonds is 6. The Bertz CT molecular complexity index is 687. The van der Waals surface area contributed by atoms with Gasteiger partial charge < -0.3 is 4.90 Å². The maximum atomic E-state index is 2.76. The van der Waals surface area contributed by atoms with Crippen molar-refractivity contribution < 1.29 is 0 Å². The number of nitrogens with zero attached hydrogens (tertiary/aromatic N) is 1. The van der Waals surface area contributed by atoms with Gasteiger partial charge in [-0.2, -0.15) is 0 Å². The van der Waals surface area contributed by atoms with E-state index < -0.39 is 0 Å². The lowest BCUT2D eigenvalue weighted by atomic mass is 9.45. The van der Waals surface area contributed by atoms with Gasteiger partial charge in [0.15, 0.2) is 0 Å². The molecular formula is C31H53N. The van der Waals surface area contributed by atoms with Gasteiger partial charge in [0.05, 0.1) is 0 Å². The summed E-state index contributed by atoms with van der Waals surface area (Å²) < 4.78 is 0. The third-order valence-corrected chi connectivity index (χ3v) is 12.0. The molecule has 32 heavy (non-hydrogen) atoms. The first-order valence-corrected chi connectivity index (χ1v) is 14.8. The van der Waals surface area contributed by atoms with Crippen molar-refractivity contribution in [3.63, 3.8) is 0 Å². The minimum atomic E-state index is 0.592. The van der Waals surface area contributed by atoms with E-state index >= 15 is 0 Å². The van der Waals surface area contributed by atoms with E-state index in [1.165, 1.54) is 83.7 Å². The van der Waals surface area contributed by atoms with Gasteiger partial charge in [-0.15, -0.1) is 0 Å². The van der Waals surface area contributed by atoms with Crippen LogP contribution in [0.25, 0.3) is 0 Å². The molecule has 0 N–H and O–H groups in total. The summed E-state index contributed by atoms with van der Waals surface area (Å²) in [4.78, 5) is 2.74. The second-order valence-corrected chi connectivity index (χ2v) is 14.0. The lowest BCUT2D eigenvalue weighted by molar-refractivity contribution is -0.103. The first-order chi connectivity index (χ1) is 15.3. The van der Waals surface area contributed by atoms with E-state index in [2.05, 4.69) is 45.6 Å². The van der Waals surface area contributed by atoms with Crippen LogP contribution < -0.4 is 0 Å². The molecule has 0 aromatic carbocycles. The van der Waals surface area contributed by atoms with Crippen LogP contribution >= 0.6 is 0 Å². The van der Waals surface area contributed by atoms with Gasteiger partial charge in [0.25, 0.3) is 0 Å². The van der Waals surface area contributed by atoms with Gasteiger partial charge in [-0.3, -0.25) is 0 Å². The van der Waals surface area contributed by atoms with Crippen LogP contribution in [-0.4, -0.2) is 18.0 Å². The first-order valence-electron chi connectivity index (χ1n) is 14.8. The van der Waals surface area contributed by atoms with Crippen LogP contribution in [0.15, 0.2) is 11.8 Å². The molecule has 1 heteroatoms. The normalized spacial score (nSPS) is 44.8. The zero-order valence-corrected chi connectivity index (χ0v) is 22.2. The Morgan fingerprint density at radius 3 is 2.41 bits per heavy atom. The molecule has 4 aliphatic carbocycles. The van der Waals surface area contributed by atoms with Crippen molar-refractivity contribution in [3.05, 3.63) is 11.8 Å². The predicted octanol–water partition coefficient (Wildman–Crippen LogP) is 8.70. The molecule has 0 aromatic rings. The molecule has 0 spiro atoms. The van der Waals surface area contributed by atoms with Crippen molar-refractivity contribution in [2.24, 2.45) is 52.3 Å². The largest absolute Gasteiger partial charge is 0.375 e. The molecule has 1 saturated heterocycles. The minimum absolute atomic E-state index is 0.592. The molecular weight excluding hydrogens is 386 g/mol. The minimum Gasteiger partial charge on any atom is -0.375 e. The Morgan fingerprint density at radius 1 is 0.906 bits per heavy atom. The Morgan fingerprint density at radius 2 is 1.66 bits per heavy atom. The SMILES string of the molecule is CC(C)CCC[C@@H](C)[C@H]1CC[C@H]2[C@@H]3CC[C@H]4CC(N5CCCC5)=CC[C@]4(C)[C@H]3CC[C@]12C. The molecule has 3 saturated carbocycles.